The summed E-state index contributed by atoms with van der Waals surface area (Å²) < 4.78 is 5.11. The molecule has 3 unspecified atom stereocenters. The molecule has 1 aliphatic heterocycles. The number of fused-ring (bicyclic) bond motifs is 2. The molecule has 7 heteroatoms. The Kier molecular flexibility index (Phi) is 4.50. The van der Waals surface area contributed by atoms with E-state index in [-0.39, 0.29) is 30.6 Å². The molecule has 3 atom stereocenters. The summed E-state index contributed by atoms with van der Waals surface area (Å²) in [7, 11) is 0. The summed E-state index contributed by atoms with van der Waals surface area (Å²) in [4.78, 5) is 26.4. The molecule has 0 saturated carbocycles. The summed E-state index contributed by atoms with van der Waals surface area (Å²) in [6, 6.07) is 3.76. The lowest BCUT2D eigenvalue weighted by atomic mass is 10.0. The van der Waals surface area contributed by atoms with Crippen molar-refractivity contribution in [3.05, 3.63) is 40.4 Å². The minimum absolute atomic E-state index is 0.00718. The fourth-order valence-corrected chi connectivity index (χ4v) is 3.69. The molecule has 2 aliphatic rings. The van der Waals surface area contributed by atoms with Crippen LogP contribution >= 0.6 is 23.2 Å². The van der Waals surface area contributed by atoms with E-state index in [9.17, 15) is 9.59 Å². The van der Waals surface area contributed by atoms with Crippen molar-refractivity contribution in [2.45, 2.75) is 25.4 Å². The third-order valence-electron chi connectivity index (χ3n) is 4.03. The van der Waals surface area contributed by atoms with Crippen molar-refractivity contribution in [2.24, 2.45) is 5.92 Å². The predicted octanol–water partition coefficient (Wildman–Crippen LogP) is 3.72. The molecule has 2 bridgehead atoms. The van der Waals surface area contributed by atoms with Crippen LogP contribution in [0.3, 0.4) is 0 Å². The van der Waals surface area contributed by atoms with Crippen LogP contribution in [0.1, 0.15) is 13.3 Å². The van der Waals surface area contributed by atoms with Gasteiger partial charge in [0.1, 0.15) is 6.04 Å². The summed E-state index contributed by atoms with van der Waals surface area (Å²) in [5, 5.41) is 3.61. The first kappa shape index (κ1) is 16.1. The Labute approximate surface area is 144 Å². The molecule has 1 N–H and O–H groups in total. The molecule has 0 spiro atoms. The van der Waals surface area contributed by atoms with E-state index in [1.165, 1.54) is 4.90 Å². The van der Waals surface area contributed by atoms with E-state index in [1.54, 1.807) is 25.1 Å². The van der Waals surface area contributed by atoms with Gasteiger partial charge in [0, 0.05) is 21.7 Å². The van der Waals surface area contributed by atoms with Gasteiger partial charge in [-0.05, 0) is 31.5 Å². The van der Waals surface area contributed by atoms with Crippen LogP contribution in [0.2, 0.25) is 10.0 Å². The number of likely N-dealkylation sites (tertiary alicyclic amines) is 1. The molecule has 2 amide bonds. The molecule has 1 heterocycles. The first-order valence-electron chi connectivity index (χ1n) is 7.40. The van der Waals surface area contributed by atoms with E-state index in [2.05, 4.69) is 5.32 Å². The molecule has 23 heavy (non-hydrogen) atoms. The highest BCUT2D eigenvalue weighted by Gasteiger charge is 2.49. The van der Waals surface area contributed by atoms with Crippen LogP contribution in [0, 0.1) is 5.92 Å². The number of halogens is 2. The standard InChI is InChI=1S/C16H16Cl2N2O3/c1-2-23-15(21)14-9-3-4-13(5-9)20(14)16(22)19-12-7-10(17)6-11(18)8-12/h3-4,6-9,13-14H,2,5H2,1H3,(H,19,22). The number of ether oxygens (including phenoxy) is 1. The number of nitrogens with zero attached hydrogens (tertiary/aromatic N) is 1. The molecular weight excluding hydrogens is 339 g/mol. The molecule has 1 aromatic rings. The topological polar surface area (TPSA) is 58.6 Å². The van der Waals surface area contributed by atoms with Crippen molar-refractivity contribution in [3.8, 4) is 0 Å². The quantitative estimate of drug-likeness (QED) is 0.664. The summed E-state index contributed by atoms with van der Waals surface area (Å²) in [6.07, 6.45) is 4.67. The molecule has 3 rings (SSSR count). The SMILES string of the molecule is CCOC(=O)C1C2C=CC(C2)N1C(=O)Nc1cc(Cl)cc(Cl)c1. The maximum Gasteiger partial charge on any atom is 0.329 e. The highest BCUT2D eigenvalue weighted by molar-refractivity contribution is 6.35. The Morgan fingerprint density at radius 3 is 2.61 bits per heavy atom. The second kappa shape index (κ2) is 6.42. The van der Waals surface area contributed by atoms with Crippen LogP contribution in [-0.2, 0) is 9.53 Å². The van der Waals surface area contributed by atoms with Gasteiger partial charge in [0.25, 0.3) is 0 Å². The number of carbonyl (C=O) groups excluding carboxylic acids is 2. The minimum atomic E-state index is -0.584. The highest BCUT2D eigenvalue weighted by Crippen LogP contribution is 2.38. The average molecular weight is 355 g/mol. The lowest BCUT2D eigenvalue weighted by molar-refractivity contribution is -0.148. The number of hydrogen-bond acceptors (Lipinski definition) is 3. The van der Waals surface area contributed by atoms with E-state index in [1.807, 2.05) is 12.2 Å². The van der Waals surface area contributed by atoms with Crippen molar-refractivity contribution in [1.29, 1.82) is 0 Å². The molecule has 1 aliphatic carbocycles. The van der Waals surface area contributed by atoms with Crippen LogP contribution in [0.25, 0.3) is 0 Å². The van der Waals surface area contributed by atoms with Crippen molar-refractivity contribution in [2.75, 3.05) is 11.9 Å². The molecule has 0 radical (unpaired) electrons. The summed E-state index contributed by atoms with van der Waals surface area (Å²) in [5.41, 5.74) is 0.488. The van der Waals surface area contributed by atoms with Gasteiger partial charge in [-0.15, -0.1) is 0 Å². The van der Waals surface area contributed by atoms with Gasteiger partial charge in [-0.25, -0.2) is 9.59 Å². The van der Waals surface area contributed by atoms with Gasteiger partial charge in [-0.1, -0.05) is 35.4 Å². The van der Waals surface area contributed by atoms with Gasteiger partial charge in [-0.2, -0.15) is 0 Å². The van der Waals surface area contributed by atoms with Crippen LogP contribution in [-0.4, -0.2) is 35.6 Å². The summed E-state index contributed by atoms with van der Waals surface area (Å²) in [6.45, 7) is 2.04. The van der Waals surface area contributed by atoms with E-state index in [0.29, 0.717) is 15.7 Å². The first-order valence-corrected chi connectivity index (χ1v) is 8.15. The number of benzene rings is 1. The number of nitrogens with one attached hydrogen (secondary N) is 1. The predicted molar refractivity (Wildman–Crippen MR) is 88.8 cm³/mol. The van der Waals surface area contributed by atoms with Crippen molar-refractivity contribution >= 4 is 40.9 Å². The lowest BCUT2D eigenvalue weighted by Gasteiger charge is -2.31. The number of esters is 1. The van der Waals surface area contributed by atoms with Crippen molar-refractivity contribution in [3.63, 3.8) is 0 Å². The van der Waals surface area contributed by atoms with Crippen LogP contribution in [0.4, 0.5) is 10.5 Å². The monoisotopic (exact) mass is 354 g/mol. The summed E-state index contributed by atoms with van der Waals surface area (Å²) >= 11 is 11.9. The number of hydrogen-bond donors (Lipinski definition) is 1. The first-order chi connectivity index (χ1) is 11.0. The van der Waals surface area contributed by atoms with Gasteiger partial charge >= 0.3 is 12.0 Å². The fraction of sp³-hybridized carbons (Fsp3) is 0.375. The maximum atomic E-state index is 12.6. The molecular formula is C16H16Cl2N2O3. The van der Waals surface area contributed by atoms with E-state index < -0.39 is 6.04 Å². The zero-order chi connectivity index (χ0) is 16.6. The normalized spacial score (nSPS) is 24.8. The zero-order valence-corrected chi connectivity index (χ0v) is 14.0. The fourth-order valence-electron chi connectivity index (χ4n) is 3.17. The molecule has 0 aromatic heterocycles. The molecule has 1 fully saturated rings. The Bertz CT molecular complexity index is 657. The van der Waals surface area contributed by atoms with Crippen LogP contribution < -0.4 is 5.32 Å². The van der Waals surface area contributed by atoms with E-state index in [0.717, 1.165) is 6.42 Å². The van der Waals surface area contributed by atoms with Gasteiger partial charge in [0.15, 0.2) is 0 Å². The van der Waals surface area contributed by atoms with Gasteiger partial charge in [-0.3, -0.25) is 0 Å². The van der Waals surface area contributed by atoms with Crippen LogP contribution in [0.15, 0.2) is 30.4 Å². The Balaban J connectivity index is 1.80. The Morgan fingerprint density at radius 2 is 1.96 bits per heavy atom. The third kappa shape index (κ3) is 3.16. The number of rotatable bonds is 3. The lowest BCUT2D eigenvalue weighted by Crippen LogP contribution is -2.50. The van der Waals surface area contributed by atoms with E-state index in [4.69, 9.17) is 27.9 Å². The second-order valence-corrected chi connectivity index (χ2v) is 6.42. The smallest absolute Gasteiger partial charge is 0.329 e. The molecule has 5 nitrogen and oxygen atoms in total. The van der Waals surface area contributed by atoms with Gasteiger partial charge in [0.05, 0.1) is 12.6 Å². The maximum absolute atomic E-state index is 12.6. The van der Waals surface area contributed by atoms with Crippen LogP contribution in [0.5, 0.6) is 0 Å². The Hall–Kier alpha value is -1.72. The number of carbonyl (C=O) groups is 2. The minimum Gasteiger partial charge on any atom is -0.464 e. The highest BCUT2D eigenvalue weighted by atomic mass is 35.5. The molecule has 1 aromatic carbocycles. The van der Waals surface area contributed by atoms with E-state index >= 15 is 0 Å². The zero-order valence-electron chi connectivity index (χ0n) is 12.5. The number of anilines is 1. The largest absolute Gasteiger partial charge is 0.464 e. The van der Waals surface area contributed by atoms with Crippen molar-refractivity contribution in [1.82, 2.24) is 4.90 Å². The van der Waals surface area contributed by atoms with Gasteiger partial charge < -0.3 is 15.0 Å². The third-order valence-corrected chi connectivity index (χ3v) is 4.47. The molecule has 1 saturated heterocycles. The molecule has 122 valence electrons. The summed E-state index contributed by atoms with van der Waals surface area (Å²) in [5.74, 6) is -0.364. The Morgan fingerprint density at radius 1 is 1.26 bits per heavy atom. The number of amides is 2. The average Bonchev–Trinajstić information content (AvgIpc) is 3.06. The van der Waals surface area contributed by atoms with Gasteiger partial charge in [0.2, 0.25) is 0 Å². The number of urea groups is 1. The van der Waals surface area contributed by atoms with Crippen molar-refractivity contribution < 1.29 is 14.3 Å². The second-order valence-electron chi connectivity index (χ2n) is 5.54.